The van der Waals surface area contributed by atoms with E-state index in [9.17, 15) is 99.0 Å². The summed E-state index contributed by atoms with van der Waals surface area (Å²) in [6, 6.07) is 23.1. The van der Waals surface area contributed by atoms with Crippen molar-refractivity contribution in [3.8, 4) is 0 Å². The van der Waals surface area contributed by atoms with Gasteiger partial charge in [0, 0.05) is 0 Å². The maximum Gasteiger partial charge on any atom is 5.00 e. The molecule has 0 N–H and O–H groups in total. The average Bonchev–Trinajstić information content (AvgIpc) is 3.21. The summed E-state index contributed by atoms with van der Waals surface area (Å²) in [4.78, 5) is 102. The average molecular weight is 922 g/mol. The van der Waals surface area contributed by atoms with Gasteiger partial charge in [-0.3, -0.25) is 0 Å². The van der Waals surface area contributed by atoms with E-state index in [2.05, 4.69) is 0 Å². The van der Waals surface area contributed by atoms with Crippen molar-refractivity contribution in [2.24, 2.45) is 0 Å². The molecule has 0 aliphatic carbocycles. The molecule has 0 aromatic heterocycles. The summed E-state index contributed by atoms with van der Waals surface area (Å²) in [5.41, 5.74) is -0.556. The fraction of sp³-hybridized carbons (Fsp3) is 0. The summed E-state index contributed by atoms with van der Waals surface area (Å²) in [6.07, 6.45) is 0. The van der Waals surface area contributed by atoms with E-state index in [1.165, 1.54) is 0 Å². The number of carbonyl (C=O) groups excluding carboxylic acids is 10. The predicted octanol–water partition coefficient (Wildman–Crippen LogP) is -7.94. The minimum atomic E-state index is -1.33. The minimum absolute atomic E-state index is 0. The van der Waals surface area contributed by atoms with E-state index in [1.807, 2.05) is 0 Å². The largest absolute Gasteiger partial charge is 5.00 e. The van der Waals surface area contributed by atoms with Gasteiger partial charge in [0.25, 0.3) is 0 Å². The number of hydrogen-bond acceptors (Lipinski definition) is 20. The Bertz CT molecular complexity index is 1800. The van der Waals surface area contributed by atoms with Crippen molar-refractivity contribution in [1.82, 2.24) is 0 Å². The van der Waals surface area contributed by atoms with E-state index in [0.717, 1.165) is 121 Å². The molecule has 0 spiro atoms. The first-order valence-corrected chi connectivity index (χ1v) is 15.7. The number of carbonyl (C=O) groups is 10. The first kappa shape index (κ1) is 56.1. The Balaban J connectivity index is 0. The Morgan fingerprint density at radius 1 is 0.177 bits per heavy atom. The van der Waals surface area contributed by atoms with Gasteiger partial charge in [-0.05, 0) is 55.6 Å². The van der Waals surface area contributed by atoms with Crippen molar-refractivity contribution < 1.29 is 136 Å². The zero-order valence-electron chi connectivity index (χ0n) is 30.6. The molecular weight excluding hydrogens is 902 g/mol. The van der Waals surface area contributed by atoms with Crippen molar-refractivity contribution in [2.75, 3.05) is 0 Å². The molecule has 310 valence electrons. The zero-order chi connectivity index (χ0) is 45.7. The van der Waals surface area contributed by atoms with Crippen LogP contribution in [0.2, 0.25) is 0 Å². The van der Waals surface area contributed by atoms with E-state index in [1.54, 1.807) is 0 Å². The third-order valence-electron chi connectivity index (χ3n) is 6.78. The number of rotatable bonds is 10. The molecule has 20 nitrogen and oxygen atoms in total. The van der Waals surface area contributed by atoms with Crippen molar-refractivity contribution in [3.63, 3.8) is 0 Å². The van der Waals surface area contributed by atoms with Crippen LogP contribution in [0.15, 0.2) is 121 Å². The summed E-state index contributed by atoms with van der Waals surface area (Å²) < 4.78 is 0. The summed E-state index contributed by atoms with van der Waals surface area (Å²) in [6.45, 7) is 0. The first-order chi connectivity index (χ1) is 28.0. The molecule has 0 atom stereocenters. The Labute approximate surface area is 371 Å². The quantitative estimate of drug-likeness (QED) is 0.125. The van der Waals surface area contributed by atoms with Gasteiger partial charge < -0.3 is 99.0 Å². The third kappa shape index (κ3) is 20.1. The molecule has 62 heavy (non-hydrogen) atoms. The van der Waals surface area contributed by atoms with Crippen LogP contribution < -0.4 is 51.1 Å². The Hall–Kier alpha value is -8.03. The smallest absolute Gasteiger partial charge is 0.545 e. The van der Waals surface area contributed by atoms with E-state index in [-0.39, 0.29) is 92.7 Å². The molecule has 5 aromatic rings. The van der Waals surface area contributed by atoms with Crippen LogP contribution in [-0.2, 0) is 37.1 Å². The molecule has 0 heterocycles. The van der Waals surface area contributed by atoms with Crippen LogP contribution in [0.4, 0.5) is 0 Å². The molecule has 22 heteroatoms. The summed E-state index contributed by atoms with van der Waals surface area (Å²) in [5, 5.41) is 102. The predicted molar refractivity (Wildman–Crippen MR) is 176 cm³/mol. The van der Waals surface area contributed by atoms with E-state index in [4.69, 9.17) is 0 Å². The van der Waals surface area contributed by atoms with Gasteiger partial charge in [-0.15, -0.1) is 0 Å². The molecule has 0 radical (unpaired) electrons. The van der Waals surface area contributed by atoms with Crippen LogP contribution in [0.3, 0.4) is 0 Å². The standard InChI is InChI=1S/5C8H6O4.2V/c5*9-7(10)5-1-2-6(4-3-5)8(11)12;;/h5*1-4H,(H,9,10)(H,11,12);;/q;;;;;2*+5/p-10. The molecule has 0 saturated heterocycles. The number of benzene rings is 5. The molecule has 0 amide bonds. The summed E-state index contributed by atoms with van der Waals surface area (Å²) >= 11 is 0. The van der Waals surface area contributed by atoms with Crippen LogP contribution in [0.5, 0.6) is 0 Å². The summed E-state index contributed by atoms with van der Waals surface area (Å²) in [7, 11) is 0. The number of hydrogen-bond donors (Lipinski definition) is 0. The molecular formula is C40H20O20V2. The number of aromatic carboxylic acids is 10. The Kier molecular flexibility index (Phi) is 25.0. The van der Waals surface area contributed by atoms with Gasteiger partial charge in [0.2, 0.25) is 0 Å². The van der Waals surface area contributed by atoms with Gasteiger partial charge in [-0.25, -0.2) is 0 Å². The van der Waals surface area contributed by atoms with E-state index >= 15 is 0 Å². The van der Waals surface area contributed by atoms with Crippen LogP contribution in [0.25, 0.3) is 0 Å². The van der Waals surface area contributed by atoms with Crippen molar-refractivity contribution in [2.45, 2.75) is 0 Å². The van der Waals surface area contributed by atoms with Gasteiger partial charge in [-0.2, -0.15) is 0 Å². The van der Waals surface area contributed by atoms with Crippen LogP contribution in [0.1, 0.15) is 104 Å². The third-order valence-corrected chi connectivity index (χ3v) is 6.78. The van der Waals surface area contributed by atoms with Gasteiger partial charge in [0.15, 0.2) is 0 Å². The second-order valence-corrected chi connectivity index (χ2v) is 10.8. The topological polar surface area (TPSA) is 401 Å². The number of carboxylic acid groups (broad SMARTS) is 10. The first-order valence-electron chi connectivity index (χ1n) is 15.7. The van der Waals surface area contributed by atoms with Gasteiger partial charge >= 0.3 is 37.1 Å². The molecule has 0 aliphatic rings. The van der Waals surface area contributed by atoms with Crippen molar-refractivity contribution in [3.05, 3.63) is 177 Å². The normalized spacial score (nSPS) is 9.03. The maximum atomic E-state index is 10.2. The summed E-state index contributed by atoms with van der Waals surface area (Å²) in [5.74, 6) is -13.3. The van der Waals surface area contributed by atoms with Crippen LogP contribution in [0, 0.1) is 0 Å². The second kappa shape index (κ2) is 27.6. The van der Waals surface area contributed by atoms with Gasteiger partial charge in [-0.1, -0.05) is 121 Å². The monoisotopic (exact) mass is 922 g/mol. The fourth-order valence-corrected chi connectivity index (χ4v) is 3.71. The molecule has 5 aromatic carbocycles. The Morgan fingerprint density at radius 3 is 0.258 bits per heavy atom. The minimum Gasteiger partial charge on any atom is -0.545 e. The molecule has 0 unspecified atom stereocenters. The molecule has 5 rings (SSSR count). The van der Waals surface area contributed by atoms with Crippen molar-refractivity contribution in [1.29, 1.82) is 0 Å². The maximum absolute atomic E-state index is 10.2. The van der Waals surface area contributed by atoms with E-state index in [0.29, 0.717) is 0 Å². The van der Waals surface area contributed by atoms with E-state index < -0.39 is 59.7 Å². The van der Waals surface area contributed by atoms with Gasteiger partial charge in [0.1, 0.15) is 0 Å². The molecule has 0 bridgehead atoms. The fourth-order valence-electron chi connectivity index (χ4n) is 3.71. The van der Waals surface area contributed by atoms with Crippen LogP contribution >= 0.6 is 0 Å². The number of carboxylic acids is 10. The van der Waals surface area contributed by atoms with Crippen molar-refractivity contribution >= 4 is 59.7 Å². The molecule has 0 aliphatic heterocycles. The van der Waals surface area contributed by atoms with Crippen LogP contribution in [-0.4, -0.2) is 59.7 Å². The molecule has 0 saturated carbocycles. The zero-order valence-corrected chi connectivity index (χ0v) is 33.4. The Morgan fingerprint density at radius 2 is 0.226 bits per heavy atom. The second-order valence-electron chi connectivity index (χ2n) is 10.8. The molecule has 0 fully saturated rings. The SMILES string of the molecule is O=C([O-])c1ccc(C(=O)[O-])cc1.O=C([O-])c1ccc(C(=O)[O-])cc1.O=C([O-])c1ccc(C(=O)[O-])cc1.O=C([O-])c1ccc(C(=O)[O-])cc1.O=C([O-])c1ccc(C(=O)[O-])cc1.[V+5].[V+5]. The van der Waals surface area contributed by atoms with Gasteiger partial charge in [0.05, 0.1) is 59.7 Å².